The van der Waals surface area contributed by atoms with Gasteiger partial charge in [-0.15, -0.1) is 6.58 Å². The summed E-state index contributed by atoms with van der Waals surface area (Å²) in [5.74, 6) is 0. The lowest BCUT2D eigenvalue weighted by molar-refractivity contribution is -0.178. The molecule has 5 nitrogen and oxygen atoms in total. The highest BCUT2D eigenvalue weighted by Gasteiger charge is 2.36. The van der Waals surface area contributed by atoms with Gasteiger partial charge in [-0.25, -0.2) is 0 Å². The van der Waals surface area contributed by atoms with E-state index in [1.54, 1.807) is 12.2 Å². The molecule has 0 amide bonds. The first-order valence-electron chi connectivity index (χ1n) is 15.2. The lowest BCUT2D eigenvalue weighted by Gasteiger charge is -2.36. The van der Waals surface area contributed by atoms with Crippen LogP contribution in [0.1, 0.15) is 35.6 Å². The molecule has 4 aromatic carbocycles. The average Bonchev–Trinajstić information content (AvgIpc) is 3.07. The van der Waals surface area contributed by atoms with Crippen LogP contribution in [0.2, 0.25) is 0 Å². The fourth-order valence-corrected chi connectivity index (χ4v) is 4.82. The maximum Gasteiger partial charge on any atom is 0.116 e. The number of aliphatic hydroxyl groups excluding tert-OH is 1. The van der Waals surface area contributed by atoms with Crippen LogP contribution in [0, 0.1) is 0 Å². The summed E-state index contributed by atoms with van der Waals surface area (Å²) in [6, 6.07) is 40.3. The molecule has 0 aromatic heterocycles. The largest absolute Gasteiger partial charge is 0.389 e. The Hall–Kier alpha value is -3.84. The first-order chi connectivity index (χ1) is 21.6. The van der Waals surface area contributed by atoms with Crippen LogP contribution >= 0.6 is 0 Å². The van der Waals surface area contributed by atoms with E-state index >= 15 is 0 Å². The number of aliphatic hydroxyl groups is 1. The highest BCUT2D eigenvalue weighted by Crippen LogP contribution is 2.24. The van der Waals surface area contributed by atoms with E-state index in [-0.39, 0.29) is 6.10 Å². The van der Waals surface area contributed by atoms with Crippen molar-refractivity contribution in [2.24, 2.45) is 0 Å². The van der Waals surface area contributed by atoms with E-state index in [1.165, 1.54) is 0 Å². The zero-order chi connectivity index (χ0) is 30.8. The first-order valence-corrected chi connectivity index (χ1v) is 15.2. The van der Waals surface area contributed by atoms with Crippen LogP contribution in [-0.2, 0) is 45.4 Å². The predicted octanol–water partition coefficient (Wildman–Crippen LogP) is 7.84. The van der Waals surface area contributed by atoms with E-state index in [9.17, 15) is 5.11 Å². The second kappa shape index (κ2) is 18.7. The molecule has 0 saturated heterocycles. The Morgan fingerprint density at radius 2 is 0.932 bits per heavy atom. The Labute approximate surface area is 262 Å². The molecule has 4 rings (SSSR count). The molecule has 0 unspecified atom stereocenters. The average molecular weight is 593 g/mol. The lowest BCUT2D eigenvalue weighted by atomic mass is 10.0. The predicted molar refractivity (Wildman–Crippen MR) is 176 cm³/mol. The van der Waals surface area contributed by atoms with Crippen LogP contribution < -0.4 is 0 Å². The van der Waals surface area contributed by atoms with Gasteiger partial charge in [-0.2, -0.15) is 0 Å². The fraction of sp³-hybridized carbons (Fsp3) is 0.282. The van der Waals surface area contributed by atoms with Gasteiger partial charge >= 0.3 is 0 Å². The van der Waals surface area contributed by atoms with Crippen molar-refractivity contribution in [2.45, 2.75) is 70.3 Å². The van der Waals surface area contributed by atoms with Gasteiger partial charge in [-0.05, 0) is 35.6 Å². The molecule has 0 radical (unpaired) electrons. The molecular weight excluding hydrogens is 548 g/mol. The quantitative estimate of drug-likeness (QED) is 0.112. The molecule has 230 valence electrons. The number of hydrogen-bond donors (Lipinski definition) is 1. The third-order valence-electron chi connectivity index (χ3n) is 7.25. The van der Waals surface area contributed by atoms with Gasteiger partial charge in [-0.1, -0.05) is 140 Å². The van der Waals surface area contributed by atoms with Crippen molar-refractivity contribution in [3.8, 4) is 0 Å². The number of hydrogen-bond acceptors (Lipinski definition) is 5. The second-order valence-corrected chi connectivity index (χ2v) is 10.8. The second-order valence-electron chi connectivity index (χ2n) is 10.8. The molecule has 1 N–H and O–H groups in total. The summed E-state index contributed by atoms with van der Waals surface area (Å²) in [5, 5.41) is 10.6. The summed E-state index contributed by atoms with van der Waals surface area (Å²) in [7, 11) is 0. The van der Waals surface area contributed by atoms with Crippen LogP contribution in [0.5, 0.6) is 0 Å². The van der Waals surface area contributed by atoms with Gasteiger partial charge in [-0.3, -0.25) is 0 Å². The monoisotopic (exact) mass is 592 g/mol. The molecule has 0 bridgehead atoms. The number of benzene rings is 4. The SMILES string of the molecule is C=CC[C@@H](O)/C=C\[C@@H](OCc1ccccc1)[C@H](OCc1ccccc1)[C@@H](OCc1ccccc1)[C@H](C)OCc1ccccc1. The zero-order valence-electron chi connectivity index (χ0n) is 25.5. The first kappa shape index (κ1) is 33.1. The standard InChI is InChI=1S/C39H44O5/c1-3-16-36(40)25-26-37(42-28-33-19-10-5-11-20-33)39(44-30-35-23-14-7-15-24-35)38(43-29-34-21-12-6-13-22-34)31(2)41-27-32-17-8-4-9-18-32/h3-15,17-26,31,36-40H,1,16,27-30H2,2H3/b26-25-/t31-,36+,37+,38-,39-/m0/s1. The van der Waals surface area contributed by atoms with E-state index < -0.39 is 24.4 Å². The summed E-state index contributed by atoms with van der Waals surface area (Å²) in [6.07, 6.45) is 3.09. The van der Waals surface area contributed by atoms with Crippen LogP contribution in [0.25, 0.3) is 0 Å². The molecule has 0 aliphatic heterocycles. The maximum atomic E-state index is 10.6. The fourth-order valence-electron chi connectivity index (χ4n) is 4.82. The molecule has 0 aliphatic rings. The number of rotatable bonds is 19. The summed E-state index contributed by atoms with van der Waals surface area (Å²) in [4.78, 5) is 0. The van der Waals surface area contributed by atoms with Gasteiger partial charge in [0.2, 0.25) is 0 Å². The van der Waals surface area contributed by atoms with E-state index in [1.807, 2.05) is 134 Å². The summed E-state index contributed by atoms with van der Waals surface area (Å²) in [6.45, 7) is 7.31. The Bertz CT molecular complexity index is 1340. The smallest absolute Gasteiger partial charge is 0.116 e. The van der Waals surface area contributed by atoms with Crippen molar-refractivity contribution in [3.05, 3.63) is 168 Å². The Morgan fingerprint density at radius 3 is 1.36 bits per heavy atom. The zero-order valence-corrected chi connectivity index (χ0v) is 25.5. The van der Waals surface area contributed by atoms with Crippen molar-refractivity contribution in [1.82, 2.24) is 0 Å². The molecule has 4 aromatic rings. The maximum absolute atomic E-state index is 10.6. The van der Waals surface area contributed by atoms with E-state index in [4.69, 9.17) is 18.9 Å². The van der Waals surface area contributed by atoms with Gasteiger partial charge < -0.3 is 24.1 Å². The highest BCUT2D eigenvalue weighted by molar-refractivity contribution is 5.17. The molecule has 44 heavy (non-hydrogen) atoms. The van der Waals surface area contributed by atoms with E-state index in [0.717, 1.165) is 22.3 Å². The van der Waals surface area contributed by atoms with Crippen molar-refractivity contribution in [2.75, 3.05) is 0 Å². The molecule has 0 spiro atoms. The van der Waals surface area contributed by atoms with E-state index in [2.05, 4.69) is 6.58 Å². The van der Waals surface area contributed by atoms with Crippen molar-refractivity contribution >= 4 is 0 Å². The van der Waals surface area contributed by atoms with Gasteiger partial charge in [0, 0.05) is 0 Å². The summed E-state index contributed by atoms with van der Waals surface area (Å²) < 4.78 is 26.4. The molecular formula is C39H44O5. The Morgan fingerprint density at radius 1 is 0.545 bits per heavy atom. The van der Waals surface area contributed by atoms with Crippen LogP contribution in [0.3, 0.4) is 0 Å². The third-order valence-corrected chi connectivity index (χ3v) is 7.25. The minimum atomic E-state index is -0.694. The Balaban J connectivity index is 1.66. The topological polar surface area (TPSA) is 57.2 Å². The minimum Gasteiger partial charge on any atom is -0.389 e. The molecule has 5 atom stereocenters. The van der Waals surface area contributed by atoms with Crippen molar-refractivity contribution in [3.63, 3.8) is 0 Å². The highest BCUT2D eigenvalue weighted by atomic mass is 16.6. The van der Waals surface area contributed by atoms with Gasteiger partial charge in [0.1, 0.15) is 18.3 Å². The van der Waals surface area contributed by atoms with Crippen LogP contribution in [-0.4, -0.2) is 35.6 Å². The number of ether oxygens (including phenoxy) is 4. The Kier molecular flexibility index (Phi) is 14.1. The lowest BCUT2D eigenvalue weighted by Crippen LogP contribution is -2.48. The van der Waals surface area contributed by atoms with Gasteiger partial charge in [0.25, 0.3) is 0 Å². The normalized spacial score (nSPS) is 15.0. The molecule has 0 aliphatic carbocycles. The van der Waals surface area contributed by atoms with Crippen molar-refractivity contribution < 1.29 is 24.1 Å². The van der Waals surface area contributed by atoms with Crippen LogP contribution in [0.15, 0.2) is 146 Å². The molecule has 0 heterocycles. The summed E-state index contributed by atoms with van der Waals surface area (Å²) >= 11 is 0. The van der Waals surface area contributed by atoms with Gasteiger partial charge in [0.05, 0.1) is 38.6 Å². The van der Waals surface area contributed by atoms with Crippen LogP contribution in [0.4, 0.5) is 0 Å². The molecule has 0 saturated carbocycles. The minimum absolute atomic E-state index is 0.353. The van der Waals surface area contributed by atoms with Gasteiger partial charge in [0.15, 0.2) is 0 Å². The molecule has 0 fully saturated rings. The van der Waals surface area contributed by atoms with E-state index in [0.29, 0.717) is 32.8 Å². The summed E-state index contributed by atoms with van der Waals surface area (Å²) in [5.41, 5.74) is 4.20. The molecule has 5 heteroatoms. The van der Waals surface area contributed by atoms with Crippen molar-refractivity contribution in [1.29, 1.82) is 0 Å². The third kappa shape index (κ3) is 11.3.